The van der Waals surface area contributed by atoms with Gasteiger partial charge in [0.15, 0.2) is 0 Å². The van der Waals surface area contributed by atoms with Crippen LogP contribution in [0.25, 0.3) is 0 Å². The molecular weight excluding hydrogens is 272 g/mol. The summed E-state index contributed by atoms with van der Waals surface area (Å²) in [6.07, 6.45) is 1.05. The first-order chi connectivity index (χ1) is 9.69. The molecule has 2 N–H and O–H groups in total. The van der Waals surface area contributed by atoms with E-state index in [0.29, 0.717) is 26.1 Å². The van der Waals surface area contributed by atoms with Gasteiger partial charge in [-0.3, -0.25) is 10.7 Å². The number of hydrogen-bond donors (Lipinski definition) is 2. The molecule has 3 amide bonds. The molecule has 0 aromatic carbocycles. The van der Waals surface area contributed by atoms with E-state index >= 15 is 0 Å². The highest BCUT2D eigenvalue weighted by molar-refractivity contribution is 6.08. The smallest absolute Gasteiger partial charge is 0.410 e. The van der Waals surface area contributed by atoms with Gasteiger partial charge in [-0.1, -0.05) is 0 Å². The minimum atomic E-state index is -0.721. The number of carbonyl (C=O) groups excluding carboxylic acids is 2. The Hall–Kier alpha value is -1.79. The van der Waals surface area contributed by atoms with Crippen molar-refractivity contribution in [3.05, 3.63) is 0 Å². The second-order valence-electron chi connectivity index (χ2n) is 6.59. The van der Waals surface area contributed by atoms with Gasteiger partial charge in [-0.05, 0) is 40.5 Å². The van der Waals surface area contributed by atoms with Crippen LogP contribution in [0.1, 0.15) is 40.5 Å². The summed E-state index contributed by atoms with van der Waals surface area (Å²) in [7, 11) is 0. The number of piperidine rings is 1. The van der Waals surface area contributed by atoms with Crippen molar-refractivity contribution in [2.24, 2.45) is 0 Å². The Balaban J connectivity index is 2.18. The molecule has 0 aromatic heterocycles. The van der Waals surface area contributed by atoms with Gasteiger partial charge in [0.05, 0.1) is 6.54 Å². The fraction of sp³-hybridized carbons (Fsp3) is 0.786. The van der Waals surface area contributed by atoms with Gasteiger partial charge in [0, 0.05) is 13.1 Å². The average Bonchev–Trinajstić information content (AvgIpc) is 2.58. The van der Waals surface area contributed by atoms with Crippen LogP contribution < -0.4 is 5.32 Å². The molecule has 2 aliphatic heterocycles. The first kappa shape index (κ1) is 15.6. The molecular formula is C14H24N4O3. The van der Waals surface area contributed by atoms with E-state index < -0.39 is 11.1 Å². The number of likely N-dealkylation sites (tertiary alicyclic amines) is 1. The van der Waals surface area contributed by atoms with Crippen LogP contribution in [0.15, 0.2) is 0 Å². The summed E-state index contributed by atoms with van der Waals surface area (Å²) in [6.45, 7) is 8.77. The summed E-state index contributed by atoms with van der Waals surface area (Å²) in [5.74, 6) is 0.183. The van der Waals surface area contributed by atoms with Gasteiger partial charge in [0.2, 0.25) is 0 Å². The van der Waals surface area contributed by atoms with Gasteiger partial charge >= 0.3 is 12.1 Å². The summed E-state index contributed by atoms with van der Waals surface area (Å²) >= 11 is 0. The minimum absolute atomic E-state index is 0.183. The standard InChI is InChI=1S/C14H24N4O3/c1-5-18-11(19)16-10(15)14(18)7-6-8-17(9-14)12(20)21-13(2,3)4/h5-9H2,1-4H3,(H2,15,16,19). The third kappa shape index (κ3) is 2.82. The minimum Gasteiger partial charge on any atom is -0.444 e. The zero-order valence-electron chi connectivity index (χ0n) is 13.2. The molecule has 7 heteroatoms. The molecule has 0 aromatic rings. The molecule has 1 unspecified atom stereocenters. The monoisotopic (exact) mass is 296 g/mol. The number of amides is 3. The molecule has 2 rings (SSSR count). The number of nitrogens with one attached hydrogen (secondary N) is 2. The molecule has 21 heavy (non-hydrogen) atoms. The van der Waals surface area contributed by atoms with Crippen LogP contribution in [-0.2, 0) is 4.74 Å². The highest BCUT2D eigenvalue weighted by atomic mass is 16.6. The number of urea groups is 1. The van der Waals surface area contributed by atoms with Crippen molar-refractivity contribution in [1.82, 2.24) is 15.1 Å². The van der Waals surface area contributed by atoms with Crippen molar-refractivity contribution in [3.8, 4) is 0 Å². The summed E-state index contributed by atoms with van der Waals surface area (Å²) < 4.78 is 5.40. The van der Waals surface area contributed by atoms with Gasteiger partial charge in [-0.15, -0.1) is 0 Å². The van der Waals surface area contributed by atoms with Crippen molar-refractivity contribution in [2.75, 3.05) is 19.6 Å². The van der Waals surface area contributed by atoms with Gasteiger partial charge in [-0.25, -0.2) is 9.59 Å². The molecule has 2 heterocycles. The molecule has 7 nitrogen and oxygen atoms in total. The van der Waals surface area contributed by atoms with E-state index in [1.807, 2.05) is 27.7 Å². The topological polar surface area (TPSA) is 85.7 Å². The third-order valence-corrected chi connectivity index (χ3v) is 3.90. The molecule has 1 atom stereocenters. The number of ether oxygens (including phenoxy) is 1. The van der Waals surface area contributed by atoms with Crippen LogP contribution >= 0.6 is 0 Å². The van der Waals surface area contributed by atoms with Crippen molar-refractivity contribution in [2.45, 2.75) is 51.7 Å². The second-order valence-corrected chi connectivity index (χ2v) is 6.59. The summed E-state index contributed by atoms with van der Waals surface area (Å²) in [4.78, 5) is 27.4. The Morgan fingerprint density at radius 2 is 2.14 bits per heavy atom. The van der Waals surface area contributed by atoms with Gasteiger partial charge < -0.3 is 14.5 Å². The Bertz CT molecular complexity index is 471. The van der Waals surface area contributed by atoms with E-state index in [2.05, 4.69) is 5.32 Å². The van der Waals surface area contributed by atoms with E-state index in [4.69, 9.17) is 10.1 Å². The maximum Gasteiger partial charge on any atom is 0.410 e. The quantitative estimate of drug-likeness (QED) is 0.773. The van der Waals surface area contributed by atoms with Crippen LogP contribution in [-0.4, -0.2) is 58.5 Å². The molecule has 2 aliphatic rings. The lowest BCUT2D eigenvalue weighted by Crippen LogP contribution is -2.61. The molecule has 2 saturated heterocycles. The normalized spacial score (nSPS) is 26.3. The molecule has 118 valence electrons. The predicted octanol–water partition coefficient (Wildman–Crippen LogP) is 1.78. The molecule has 2 fully saturated rings. The number of likely N-dealkylation sites (N-methyl/N-ethyl adjacent to an activating group) is 1. The average molecular weight is 296 g/mol. The van der Waals surface area contributed by atoms with Crippen LogP contribution in [0.2, 0.25) is 0 Å². The van der Waals surface area contributed by atoms with Crippen LogP contribution in [0.5, 0.6) is 0 Å². The van der Waals surface area contributed by atoms with Crippen molar-refractivity contribution < 1.29 is 14.3 Å². The zero-order valence-corrected chi connectivity index (χ0v) is 13.2. The third-order valence-electron chi connectivity index (χ3n) is 3.90. The second kappa shape index (κ2) is 5.20. The lowest BCUT2D eigenvalue weighted by atomic mass is 9.87. The van der Waals surface area contributed by atoms with Gasteiger partial charge in [0.1, 0.15) is 17.0 Å². The first-order valence-electron chi connectivity index (χ1n) is 7.35. The van der Waals surface area contributed by atoms with Crippen LogP contribution in [0.4, 0.5) is 9.59 Å². The van der Waals surface area contributed by atoms with Crippen LogP contribution in [0, 0.1) is 5.41 Å². The fourth-order valence-electron chi connectivity index (χ4n) is 3.01. The number of carbonyl (C=O) groups is 2. The van der Waals surface area contributed by atoms with E-state index in [1.54, 1.807) is 9.80 Å². The largest absolute Gasteiger partial charge is 0.444 e. The Morgan fingerprint density at radius 1 is 1.48 bits per heavy atom. The summed E-state index contributed by atoms with van der Waals surface area (Å²) in [5.41, 5.74) is -1.27. The van der Waals surface area contributed by atoms with E-state index in [0.717, 1.165) is 6.42 Å². The number of rotatable bonds is 1. The van der Waals surface area contributed by atoms with Crippen molar-refractivity contribution >= 4 is 18.0 Å². The molecule has 0 radical (unpaired) electrons. The van der Waals surface area contributed by atoms with E-state index in [1.165, 1.54) is 0 Å². The highest BCUT2D eigenvalue weighted by Gasteiger charge is 2.52. The van der Waals surface area contributed by atoms with E-state index in [-0.39, 0.29) is 18.0 Å². The van der Waals surface area contributed by atoms with E-state index in [9.17, 15) is 9.59 Å². The number of hydrogen-bond acceptors (Lipinski definition) is 4. The molecule has 0 aliphatic carbocycles. The molecule has 1 spiro atoms. The lowest BCUT2D eigenvalue weighted by Gasteiger charge is -2.43. The SMILES string of the molecule is CCN1C(=O)NC(=N)C12CCCN(C(=O)OC(C)(C)C)C2. The number of nitrogens with zero attached hydrogens (tertiary/aromatic N) is 2. The lowest BCUT2D eigenvalue weighted by molar-refractivity contribution is 0.00910. The highest BCUT2D eigenvalue weighted by Crippen LogP contribution is 2.32. The Labute approximate surface area is 125 Å². The fourth-order valence-corrected chi connectivity index (χ4v) is 3.01. The van der Waals surface area contributed by atoms with Gasteiger partial charge in [0.25, 0.3) is 0 Å². The number of amidine groups is 1. The molecule has 0 saturated carbocycles. The zero-order chi connectivity index (χ0) is 15.8. The first-order valence-corrected chi connectivity index (χ1v) is 7.35. The Kier molecular flexibility index (Phi) is 3.86. The van der Waals surface area contributed by atoms with Crippen molar-refractivity contribution in [3.63, 3.8) is 0 Å². The van der Waals surface area contributed by atoms with Gasteiger partial charge in [-0.2, -0.15) is 0 Å². The maximum atomic E-state index is 12.2. The van der Waals surface area contributed by atoms with Crippen molar-refractivity contribution in [1.29, 1.82) is 5.41 Å². The molecule has 0 bridgehead atoms. The maximum absolute atomic E-state index is 12.2. The predicted molar refractivity (Wildman–Crippen MR) is 78.4 cm³/mol. The van der Waals surface area contributed by atoms with Crippen LogP contribution in [0.3, 0.4) is 0 Å². The summed E-state index contributed by atoms with van der Waals surface area (Å²) in [5, 5.41) is 10.7. The Morgan fingerprint density at radius 3 is 2.71 bits per heavy atom. The summed E-state index contributed by atoms with van der Waals surface area (Å²) in [6, 6.07) is -0.256.